The summed E-state index contributed by atoms with van der Waals surface area (Å²) in [6.45, 7) is 4.35. The Morgan fingerprint density at radius 3 is 2.61 bits per heavy atom. The first-order valence-electron chi connectivity index (χ1n) is 11.6. The molecule has 1 saturated heterocycles. The number of aryl methyl sites for hydroxylation is 1. The third-order valence-corrected chi connectivity index (χ3v) is 6.79. The third kappa shape index (κ3) is 4.30. The van der Waals surface area contributed by atoms with E-state index in [4.69, 9.17) is 11.1 Å². The second-order valence-corrected chi connectivity index (χ2v) is 9.14. The summed E-state index contributed by atoms with van der Waals surface area (Å²) < 4.78 is 1.60. The van der Waals surface area contributed by atoms with Crippen molar-refractivity contribution in [3.63, 3.8) is 0 Å². The fourth-order valence-corrected chi connectivity index (χ4v) is 5.10. The summed E-state index contributed by atoms with van der Waals surface area (Å²) in [7, 11) is 1.77. The van der Waals surface area contributed by atoms with Crippen LogP contribution in [0.15, 0.2) is 55.6 Å². The first kappa shape index (κ1) is 23.2. The Morgan fingerprint density at radius 1 is 1.19 bits per heavy atom. The van der Waals surface area contributed by atoms with Crippen LogP contribution in [-0.4, -0.2) is 60.8 Å². The standard InChI is InChI=1S/C25H27N9O2/c1-3-20(35)34-11-14-8-18(19(34)9-14)32-24-21(23(27)28-13-29-24)22(26)15-4-6-16(7-5-15)25(36)31-17-10-30-33(2)12-17/h3-7,10,12-14,18-19,26H,1,8-9,11H2,2H3,(H,31,36)(H3,27,28,29,32). The number of piperidine rings is 1. The Bertz CT molecular complexity index is 1350. The molecule has 0 spiro atoms. The minimum absolute atomic E-state index is 0.00736. The monoisotopic (exact) mass is 485 g/mol. The highest BCUT2D eigenvalue weighted by atomic mass is 16.2. The molecule has 2 aromatic heterocycles. The largest absolute Gasteiger partial charge is 0.383 e. The number of benzene rings is 1. The van der Waals surface area contributed by atoms with Gasteiger partial charge in [-0.3, -0.25) is 19.7 Å². The summed E-state index contributed by atoms with van der Waals surface area (Å²) in [6, 6.07) is 6.72. The van der Waals surface area contributed by atoms with Crippen LogP contribution < -0.4 is 16.4 Å². The van der Waals surface area contributed by atoms with Crippen LogP contribution in [0.5, 0.6) is 0 Å². The zero-order valence-electron chi connectivity index (χ0n) is 19.8. The predicted molar refractivity (Wildman–Crippen MR) is 136 cm³/mol. The molecule has 1 aliphatic heterocycles. The molecule has 3 atom stereocenters. The van der Waals surface area contributed by atoms with Gasteiger partial charge < -0.3 is 21.3 Å². The molecule has 1 aromatic carbocycles. The fraction of sp³-hybridized carbons (Fsp3) is 0.280. The zero-order chi connectivity index (χ0) is 25.4. The summed E-state index contributed by atoms with van der Waals surface area (Å²) in [5, 5.41) is 19.1. The van der Waals surface area contributed by atoms with E-state index in [9.17, 15) is 9.59 Å². The van der Waals surface area contributed by atoms with E-state index in [-0.39, 0.29) is 35.4 Å². The second kappa shape index (κ2) is 9.25. The maximum absolute atomic E-state index is 12.5. The number of likely N-dealkylation sites (tertiary alicyclic amines) is 1. The number of hydrogen-bond donors (Lipinski definition) is 4. The van der Waals surface area contributed by atoms with Crippen molar-refractivity contribution in [3.8, 4) is 0 Å². The lowest BCUT2D eigenvalue weighted by Crippen LogP contribution is -2.47. The van der Waals surface area contributed by atoms with E-state index in [1.807, 2.05) is 4.90 Å². The Labute approximate surface area is 207 Å². The van der Waals surface area contributed by atoms with Crippen LogP contribution in [0.1, 0.15) is 34.3 Å². The molecule has 0 radical (unpaired) electrons. The Morgan fingerprint density at radius 2 is 1.94 bits per heavy atom. The molecule has 5 N–H and O–H groups in total. The van der Waals surface area contributed by atoms with Gasteiger partial charge in [0, 0.05) is 37.0 Å². The van der Waals surface area contributed by atoms with Crippen molar-refractivity contribution in [2.45, 2.75) is 24.9 Å². The molecule has 2 amide bonds. The number of anilines is 3. The lowest BCUT2D eigenvalue weighted by atomic mass is 10.0. The molecule has 184 valence electrons. The molecular weight excluding hydrogens is 458 g/mol. The highest BCUT2D eigenvalue weighted by Gasteiger charge is 2.46. The van der Waals surface area contributed by atoms with Gasteiger partial charge in [-0.1, -0.05) is 18.7 Å². The molecule has 3 unspecified atom stereocenters. The van der Waals surface area contributed by atoms with E-state index in [0.717, 1.165) is 19.4 Å². The van der Waals surface area contributed by atoms with Gasteiger partial charge in [-0.25, -0.2) is 9.97 Å². The molecule has 3 heterocycles. The van der Waals surface area contributed by atoms with Gasteiger partial charge in [-0.15, -0.1) is 0 Å². The van der Waals surface area contributed by atoms with Crippen molar-refractivity contribution in [1.82, 2.24) is 24.6 Å². The smallest absolute Gasteiger partial charge is 0.255 e. The van der Waals surface area contributed by atoms with Gasteiger partial charge in [-0.2, -0.15) is 5.10 Å². The molecule has 3 aromatic rings. The Kier molecular flexibility index (Phi) is 5.96. The Hall–Kier alpha value is -4.54. The number of carbonyl (C=O) groups is 2. The third-order valence-electron chi connectivity index (χ3n) is 6.79. The quantitative estimate of drug-likeness (QED) is 0.295. The molecule has 1 aliphatic carbocycles. The summed E-state index contributed by atoms with van der Waals surface area (Å²) in [4.78, 5) is 35.1. The first-order chi connectivity index (χ1) is 17.3. The average molecular weight is 486 g/mol. The molecule has 11 heteroatoms. The van der Waals surface area contributed by atoms with Gasteiger partial charge in [-0.05, 0) is 37.0 Å². The van der Waals surface area contributed by atoms with Crippen molar-refractivity contribution in [2.75, 3.05) is 22.9 Å². The van der Waals surface area contributed by atoms with Crippen LogP contribution in [0.3, 0.4) is 0 Å². The highest BCUT2D eigenvalue weighted by molar-refractivity contribution is 6.16. The summed E-state index contributed by atoms with van der Waals surface area (Å²) in [5.41, 5.74) is 8.31. The first-order valence-corrected chi connectivity index (χ1v) is 11.6. The minimum atomic E-state index is -0.277. The van der Waals surface area contributed by atoms with Crippen molar-refractivity contribution in [3.05, 3.63) is 72.3 Å². The summed E-state index contributed by atoms with van der Waals surface area (Å²) in [5.74, 6) is 0.703. The minimum Gasteiger partial charge on any atom is -0.383 e. The molecule has 2 aliphatic rings. The lowest BCUT2D eigenvalue weighted by molar-refractivity contribution is -0.127. The number of amides is 2. The number of nitrogens with zero attached hydrogens (tertiary/aromatic N) is 5. The van der Waals surface area contributed by atoms with Crippen molar-refractivity contribution >= 4 is 34.8 Å². The van der Waals surface area contributed by atoms with E-state index in [1.165, 1.54) is 12.4 Å². The van der Waals surface area contributed by atoms with E-state index in [1.54, 1.807) is 48.4 Å². The van der Waals surface area contributed by atoms with Gasteiger partial charge >= 0.3 is 0 Å². The van der Waals surface area contributed by atoms with E-state index in [0.29, 0.717) is 34.1 Å². The van der Waals surface area contributed by atoms with Gasteiger partial charge in [0.05, 0.1) is 29.2 Å². The second-order valence-electron chi connectivity index (χ2n) is 9.14. The van der Waals surface area contributed by atoms with Crippen LogP contribution in [0.4, 0.5) is 17.3 Å². The number of nitrogens with two attached hydrogens (primary N) is 1. The number of fused-ring (bicyclic) bond motifs is 2. The number of rotatable bonds is 7. The van der Waals surface area contributed by atoms with Gasteiger partial charge in [0.15, 0.2) is 0 Å². The fourth-order valence-electron chi connectivity index (χ4n) is 5.10. The number of nitrogen functional groups attached to an aromatic ring is 1. The van der Waals surface area contributed by atoms with E-state index >= 15 is 0 Å². The van der Waals surface area contributed by atoms with Crippen LogP contribution in [0, 0.1) is 11.3 Å². The van der Waals surface area contributed by atoms with E-state index < -0.39 is 0 Å². The van der Waals surface area contributed by atoms with Crippen molar-refractivity contribution in [2.24, 2.45) is 13.0 Å². The molecule has 36 heavy (non-hydrogen) atoms. The predicted octanol–water partition coefficient (Wildman–Crippen LogP) is 2.05. The number of hydrogen-bond acceptors (Lipinski definition) is 8. The van der Waals surface area contributed by atoms with E-state index in [2.05, 4.69) is 32.3 Å². The zero-order valence-corrected chi connectivity index (χ0v) is 19.8. The average Bonchev–Trinajstić information content (AvgIpc) is 3.59. The van der Waals surface area contributed by atoms with Crippen molar-refractivity contribution in [1.29, 1.82) is 5.41 Å². The highest BCUT2D eigenvalue weighted by Crippen LogP contribution is 2.39. The molecule has 11 nitrogen and oxygen atoms in total. The normalized spacial score (nSPS) is 20.2. The van der Waals surface area contributed by atoms with Crippen LogP contribution in [0.25, 0.3) is 0 Å². The lowest BCUT2D eigenvalue weighted by Gasteiger charge is -2.33. The van der Waals surface area contributed by atoms with Crippen LogP contribution in [0.2, 0.25) is 0 Å². The van der Waals surface area contributed by atoms with Crippen LogP contribution in [-0.2, 0) is 11.8 Å². The topological polar surface area (TPSA) is 155 Å². The molecule has 2 bridgehead atoms. The maximum atomic E-state index is 12.5. The molecule has 5 rings (SSSR count). The number of aromatic nitrogens is 4. The SMILES string of the molecule is C=CC(=O)N1CC2CC(Nc3ncnc(N)c3C(=N)c3ccc(C(=O)Nc4cnn(C)c4)cc3)C1C2. The maximum Gasteiger partial charge on any atom is 0.255 e. The van der Waals surface area contributed by atoms with Crippen LogP contribution >= 0.6 is 0 Å². The summed E-state index contributed by atoms with van der Waals surface area (Å²) in [6.07, 6.45) is 7.81. The summed E-state index contributed by atoms with van der Waals surface area (Å²) >= 11 is 0. The molecular formula is C25H27N9O2. The number of carbonyl (C=O) groups excluding carboxylic acids is 2. The molecule has 1 saturated carbocycles. The number of nitrogens with one attached hydrogen (secondary N) is 3. The Balaban J connectivity index is 1.34. The van der Waals surface area contributed by atoms with Crippen molar-refractivity contribution < 1.29 is 9.59 Å². The van der Waals surface area contributed by atoms with Gasteiger partial charge in [0.2, 0.25) is 5.91 Å². The van der Waals surface area contributed by atoms with Gasteiger partial charge in [0.25, 0.3) is 5.91 Å². The van der Waals surface area contributed by atoms with Gasteiger partial charge in [0.1, 0.15) is 18.0 Å². The molecule has 2 fully saturated rings.